The van der Waals surface area contributed by atoms with E-state index in [1.165, 1.54) is 14.0 Å². The number of para-hydroxylation sites is 1. The fourth-order valence-electron chi connectivity index (χ4n) is 3.17. The van der Waals surface area contributed by atoms with E-state index in [2.05, 4.69) is 10.3 Å². The molecule has 0 aliphatic heterocycles. The highest BCUT2D eigenvalue weighted by molar-refractivity contribution is 5.90. The Bertz CT molecular complexity index is 1060. The molecule has 2 amide bonds. The quantitative estimate of drug-likeness (QED) is 0.516. The summed E-state index contributed by atoms with van der Waals surface area (Å²) in [6.07, 6.45) is 1.18. The normalized spacial score (nSPS) is 12.7. The van der Waals surface area contributed by atoms with E-state index in [9.17, 15) is 19.5 Å². The van der Waals surface area contributed by atoms with Gasteiger partial charge in [-0.15, -0.1) is 0 Å². The summed E-state index contributed by atoms with van der Waals surface area (Å²) in [7, 11) is 1.44. The van der Waals surface area contributed by atoms with Crippen molar-refractivity contribution < 1.29 is 24.2 Å². The highest BCUT2D eigenvalue weighted by Crippen LogP contribution is 2.19. The number of hydrogen-bond acceptors (Lipinski definition) is 4. The predicted octanol–water partition coefficient (Wildman–Crippen LogP) is 2.94. The Morgan fingerprint density at radius 1 is 1.10 bits per heavy atom. The van der Waals surface area contributed by atoms with Crippen LogP contribution in [0.3, 0.4) is 0 Å². The molecule has 162 valence electrons. The van der Waals surface area contributed by atoms with E-state index in [1.54, 1.807) is 6.20 Å². The topological polar surface area (TPSA) is 112 Å². The number of likely N-dealkylation sites (N-methyl/N-ethyl adjacent to an activating group) is 1. The van der Waals surface area contributed by atoms with Gasteiger partial charge in [0, 0.05) is 30.6 Å². The van der Waals surface area contributed by atoms with Gasteiger partial charge in [-0.25, -0.2) is 9.59 Å². The van der Waals surface area contributed by atoms with Crippen LogP contribution in [0, 0.1) is 0 Å². The molecule has 2 aromatic carbocycles. The summed E-state index contributed by atoms with van der Waals surface area (Å²) in [6.45, 7) is 1.60. The molecule has 8 heteroatoms. The average molecular weight is 423 g/mol. The maximum absolute atomic E-state index is 12.6. The molecule has 8 nitrogen and oxygen atoms in total. The van der Waals surface area contributed by atoms with Crippen molar-refractivity contribution in [2.75, 3.05) is 7.05 Å². The van der Waals surface area contributed by atoms with Crippen LogP contribution in [-0.2, 0) is 27.4 Å². The number of carboxylic acid groups (broad SMARTS) is 1. The number of carbonyl (C=O) groups excluding carboxylic acids is 2. The number of amides is 2. The second-order valence-electron chi connectivity index (χ2n) is 7.29. The van der Waals surface area contributed by atoms with Gasteiger partial charge in [-0.3, -0.25) is 9.69 Å². The van der Waals surface area contributed by atoms with Crippen LogP contribution in [-0.4, -0.2) is 52.1 Å². The average Bonchev–Trinajstić information content (AvgIpc) is 3.19. The van der Waals surface area contributed by atoms with Crippen LogP contribution >= 0.6 is 0 Å². The minimum atomic E-state index is -1.15. The maximum atomic E-state index is 12.6. The molecule has 0 spiro atoms. The molecule has 1 heterocycles. The van der Waals surface area contributed by atoms with Crippen LogP contribution in [0.15, 0.2) is 60.8 Å². The second kappa shape index (κ2) is 9.80. The van der Waals surface area contributed by atoms with Crippen molar-refractivity contribution in [1.29, 1.82) is 0 Å². The second-order valence-corrected chi connectivity index (χ2v) is 7.29. The molecule has 0 saturated carbocycles. The van der Waals surface area contributed by atoms with Crippen LogP contribution in [0.2, 0.25) is 0 Å². The molecule has 0 radical (unpaired) electrons. The lowest BCUT2D eigenvalue weighted by Gasteiger charge is -2.25. The summed E-state index contributed by atoms with van der Waals surface area (Å²) in [5.41, 5.74) is 2.50. The van der Waals surface area contributed by atoms with E-state index in [-0.39, 0.29) is 13.0 Å². The van der Waals surface area contributed by atoms with E-state index in [4.69, 9.17) is 4.74 Å². The number of carboxylic acids is 1. The molecule has 0 bridgehead atoms. The van der Waals surface area contributed by atoms with Crippen LogP contribution in [0.4, 0.5) is 4.79 Å². The number of benzene rings is 2. The minimum Gasteiger partial charge on any atom is -0.480 e. The number of nitrogens with zero attached hydrogens (tertiary/aromatic N) is 1. The first-order chi connectivity index (χ1) is 14.9. The summed E-state index contributed by atoms with van der Waals surface area (Å²) in [5, 5.41) is 13.0. The van der Waals surface area contributed by atoms with Crippen molar-refractivity contribution in [1.82, 2.24) is 15.2 Å². The number of carbonyl (C=O) groups is 3. The molecule has 31 heavy (non-hydrogen) atoms. The van der Waals surface area contributed by atoms with Gasteiger partial charge < -0.3 is 20.1 Å². The fraction of sp³-hybridized carbons (Fsp3) is 0.261. The van der Waals surface area contributed by atoms with E-state index in [0.29, 0.717) is 0 Å². The Hall–Kier alpha value is -3.81. The van der Waals surface area contributed by atoms with Gasteiger partial charge in [0.25, 0.3) is 0 Å². The molecule has 0 aliphatic rings. The number of nitrogens with one attached hydrogen (secondary N) is 2. The van der Waals surface area contributed by atoms with Gasteiger partial charge in [0.2, 0.25) is 5.91 Å². The third-order valence-corrected chi connectivity index (χ3v) is 5.17. The van der Waals surface area contributed by atoms with Gasteiger partial charge in [0.15, 0.2) is 0 Å². The number of aromatic amines is 1. The van der Waals surface area contributed by atoms with Gasteiger partial charge in [-0.1, -0.05) is 48.5 Å². The molecule has 0 fully saturated rings. The molecule has 3 N–H and O–H groups in total. The third kappa shape index (κ3) is 5.42. The molecule has 0 saturated heterocycles. The van der Waals surface area contributed by atoms with Gasteiger partial charge >= 0.3 is 12.1 Å². The zero-order valence-electron chi connectivity index (χ0n) is 17.4. The molecule has 2 atom stereocenters. The lowest BCUT2D eigenvalue weighted by Crippen LogP contribution is -2.51. The fourth-order valence-corrected chi connectivity index (χ4v) is 3.17. The van der Waals surface area contributed by atoms with Crippen LogP contribution in [0.5, 0.6) is 0 Å². The summed E-state index contributed by atoms with van der Waals surface area (Å²) in [4.78, 5) is 40.9. The Balaban J connectivity index is 1.60. The van der Waals surface area contributed by atoms with Crippen LogP contribution in [0.25, 0.3) is 10.9 Å². The molecule has 0 aliphatic carbocycles. The summed E-state index contributed by atoms with van der Waals surface area (Å²) in [6, 6.07) is 14.7. The number of aliphatic carboxylic acids is 1. The minimum absolute atomic E-state index is 0.0800. The highest BCUT2D eigenvalue weighted by Gasteiger charge is 2.28. The molecular weight excluding hydrogens is 398 g/mol. The van der Waals surface area contributed by atoms with Crippen molar-refractivity contribution in [2.24, 2.45) is 0 Å². The zero-order chi connectivity index (χ0) is 22.4. The van der Waals surface area contributed by atoms with Crippen molar-refractivity contribution >= 4 is 28.9 Å². The molecular formula is C23H25N3O5. The number of fused-ring (bicyclic) bond motifs is 1. The highest BCUT2D eigenvalue weighted by atomic mass is 16.6. The van der Waals surface area contributed by atoms with Crippen molar-refractivity contribution in [3.63, 3.8) is 0 Å². The van der Waals surface area contributed by atoms with Gasteiger partial charge in [-0.2, -0.15) is 0 Å². The van der Waals surface area contributed by atoms with Crippen molar-refractivity contribution in [3.8, 4) is 0 Å². The summed E-state index contributed by atoms with van der Waals surface area (Å²) >= 11 is 0. The standard InChI is InChI=1S/C23H25N3O5/c1-15(26(2)23(30)31-14-16-8-4-3-5-9-16)21(27)25-20(22(28)29)12-17-13-24-19-11-7-6-10-18(17)19/h3-11,13,15,20,24H,12,14H2,1-2H3,(H,25,27)(H,28,29). The lowest BCUT2D eigenvalue weighted by molar-refractivity contribution is -0.142. The monoisotopic (exact) mass is 423 g/mol. The first kappa shape index (κ1) is 21.9. The Morgan fingerprint density at radius 3 is 2.48 bits per heavy atom. The van der Waals surface area contributed by atoms with Gasteiger partial charge in [0.1, 0.15) is 18.7 Å². The van der Waals surface area contributed by atoms with Crippen LogP contribution < -0.4 is 5.32 Å². The van der Waals surface area contributed by atoms with E-state index in [1.807, 2.05) is 54.6 Å². The summed E-state index contributed by atoms with van der Waals surface area (Å²) in [5.74, 6) is -1.73. The molecule has 3 aromatic rings. The Labute approximate surface area is 179 Å². The van der Waals surface area contributed by atoms with Gasteiger partial charge in [-0.05, 0) is 24.1 Å². The Morgan fingerprint density at radius 2 is 1.77 bits per heavy atom. The number of ether oxygens (including phenoxy) is 1. The van der Waals surface area contributed by atoms with Crippen LogP contribution in [0.1, 0.15) is 18.1 Å². The molecule has 1 aromatic heterocycles. The first-order valence-electron chi connectivity index (χ1n) is 9.88. The summed E-state index contributed by atoms with van der Waals surface area (Å²) < 4.78 is 5.23. The van der Waals surface area contributed by atoms with E-state index < -0.39 is 30.1 Å². The van der Waals surface area contributed by atoms with Crippen molar-refractivity contribution in [2.45, 2.75) is 32.0 Å². The van der Waals surface area contributed by atoms with E-state index >= 15 is 0 Å². The predicted molar refractivity (Wildman–Crippen MR) is 115 cm³/mol. The number of aromatic nitrogens is 1. The first-order valence-corrected chi connectivity index (χ1v) is 9.88. The zero-order valence-corrected chi connectivity index (χ0v) is 17.4. The maximum Gasteiger partial charge on any atom is 0.410 e. The van der Waals surface area contributed by atoms with E-state index in [0.717, 1.165) is 26.9 Å². The third-order valence-electron chi connectivity index (χ3n) is 5.17. The molecule has 3 rings (SSSR count). The number of H-pyrrole nitrogens is 1. The largest absolute Gasteiger partial charge is 0.480 e. The smallest absolute Gasteiger partial charge is 0.410 e. The van der Waals surface area contributed by atoms with Crippen molar-refractivity contribution in [3.05, 3.63) is 71.9 Å². The Kier molecular flexibility index (Phi) is 6.92. The number of rotatable bonds is 8. The lowest BCUT2D eigenvalue weighted by atomic mass is 10.0. The molecule has 2 unspecified atom stereocenters. The van der Waals surface area contributed by atoms with Gasteiger partial charge in [0.05, 0.1) is 0 Å². The SMILES string of the molecule is CC(C(=O)NC(Cc1c[nH]c2ccccc12)C(=O)O)N(C)C(=O)OCc1ccccc1. The number of hydrogen-bond donors (Lipinski definition) is 3.